The molecule has 0 saturated carbocycles. The minimum Gasteiger partial charge on any atom is -0.325 e. The fourth-order valence-electron chi connectivity index (χ4n) is 4.60. The number of hydrogen-bond donors (Lipinski definition) is 1. The molecule has 1 aliphatic rings. The number of nitrogens with one attached hydrogen (secondary N) is 1. The Labute approximate surface area is 227 Å². The van der Waals surface area contributed by atoms with Crippen molar-refractivity contribution in [3.05, 3.63) is 78.4 Å². The van der Waals surface area contributed by atoms with Crippen molar-refractivity contribution in [3.8, 4) is 11.4 Å². The molecule has 1 N–H and O–H groups in total. The lowest BCUT2D eigenvalue weighted by Gasteiger charge is -2.30. The number of fused-ring (bicyclic) bond motifs is 1. The molecule has 1 aliphatic heterocycles. The largest absolute Gasteiger partial charge is 0.325 e. The zero-order chi connectivity index (χ0) is 26.7. The second kappa shape index (κ2) is 11.2. The summed E-state index contributed by atoms with van der Waals surface area (Å²) in [7, 11) is -3.54. The second-order valence-electron chi connectivity index (χ2n) is 9.71. The van der Waals surface area contributed by atoms with Crippen LogP contribution in [-0.2, 0) is 14.8 Å². The number of aryl methyl sites for hydroxylation is 1. The quantitative estimate of drug-likeness (QED) is 0.234. The molecule has 1 amide bonds. The van der Waals surface area contributed by atoms with Gasteiger partial charge in [0.15, 0.2) is 5.82 Å². The molecular formula is C29H30N4O3S2. The van der Waals surface area contributed by atoms with Crippen LogP contribution in [0.4, 0.5) is 5.69 Å². The number of aromatic nitrogens is 2. The maximum Gasteiger partial charge on any atom is 0.243 e. The van der Waals surface area contributed by atoms with Crippen molar-refractivity contribution >= 4 is 44.3 Å². The molecule has 0 spiro atoms. The van der Waals surface area contributed by atoms with E-state index in [4.69, 9.17) is 9.97 Å². The van der Waals surface area contributed by atoms with Gasteiger partial charge in [-0.1, -0.05) is 60.6 Å². The zero-order valence-corrected chi connectivity index (χ0v) is 23.1. The van der Waals surface area contributed by atoms with Crippen molar-refractivity contribution in [2.24, 2.45) is 5.92 Å². The maximum atomic E-state index is 13.0. The topological polar surface area (TPSA) is 92.3 Å². The van der Waals surface area contributed by atoms with Gasteiger partial charge in [0.1, 0.15) is 5.03 Å². The summed E-state index contributed by atoms with van der Waals surface area (Å²) in [6.45, 7) is 5.18. The minimum absolute atomic E-state index is 0.153. The van der Waals surface area contributed by atoms with E-state index >= 15 is 0 Å². The average Bonchev–Trinajstić information content (AvgIpc) is 2.92. The molecular weight excluding hydrogens is 516 g/mol. The number of carbonyl (C=O) groups excluding carboxylic acids is 1. The highest BCUT2D eigenvalue weighted by atomic mass is 32.2. The summed E-state index contributed by atoms with van der Waals surface area (Å²) >= 11 is 1.36. The smallest absolute Gasteiger partial charge is 0.243 e. The summed E-state index contributed by atoms with van der Waals surface area (Å²) in [6, 6.07) is 22.2. The fraction of sp³-hybridized carbons (Fsp3) is 0.276. The fourth-order valence-corrected chi connectivity index (χ4v) is 7.00. The van der Waals surface area contributed by atoms with Crippen LogP contribution in [0.5, 0.6) is 0 Å². The number of thioether (sulfide) groups is 1. The first-order valence-corrected chi connectivity index (χ1v) is 15.1. The van der Waals surface area contributed by atoms with Crippen LogP contribution in [0.3, 0.4) is 0 Å². The van der Waals surface area contributed by atoms with E-state index < -0.39 is 10.0 Å². The van der Waals surface area contributed by atoms with Crippen LogP contribution in [0.25, 0.3) is 22.3 Å². The van der Waals surface area contributed by atoms with Crippen molar-refractivity contribution < 1.29 is 13.2 Å². The Kier molecular flexibility index (Phi) is 7.78. The molecule has 0 bridgehead atoms. The molecule has 1 fully saturated rings. The van der Waals surface area contributed by atoms with Crippen LogP contribution in [0.15, 0.2) is 82.7 Å². The molecule has 0 unspecified atom stereocenters. The first-order valence-electron chi connectivity index (χ1n) is 12.7. The highest BCUT2D eigenvalue weighted by Crippen LogP contribution is 2.30. The van der Waals surface area contributed by atoms with E-state index in [0.717, 1.165) is 39.9 Å². The van der Waals surface area contributed by atoms with Crippen molar-refractivity contribution in [2.45, 2.75) is 36.6 Å². The number of benzene rings is 3. The maximum absolute atomic E-state index is 13.0. The van der Waals surface area contributed by atoms with Crippen LogP contribution in [-0.4, -0.2) is 47.4 Å². The van der Waals surface area contributed by atoms with E-state index in [2.05, 4.69) is 12.2 Å². The Balaban J connectivity index is 1.29. The van der Waals surface area contributed by atoms with Crippen LogP contribution >= 0.6 is 11.8 Å². The molecule has 2 heterocycles. The van der Waals surface area contributed by atoms with Gasteiger partial charge in [0, 0.05) is 29.7 Å². The van der Waals surface area contributed by atoms with Gasteiger partial charge in [-0.25, -0.2) is 18.4 Å². The Hall–Kier alpha value is -3.27. The molecule has 0 aliphatic carbocycles. The predicted molar refractivity (Wildman–Crippen MR) is 153 cm³/mol. The molecule has 38 heavy (non-hydrogen) atoms. The number of sulfonamides is 1. The first-order chi connectivity index (χ1) is 18.3. The summed E-state index contributed by atoms with van der Waals surface area (Å²) in [6.07, 6.45) is 1.92. The van der Waals surface area contributed by atoms with Crippen molar-refractivity contribution in [3.63, 3.8) is 0 Å². The van der Waals surface area contributed by atoms with E-state index in [0.29, 0.717) is 30.5 Å². The van der Waals surface area contributed by atoms with E-state index in [9.17, 15) is 13.2 Å². The standard InChI is InChI=1S/C29H30N4O3S2/c1-20-10-15-26-25(17-20)29(32-28(31-26)22-8-4-3-5-9-22)37-19-27(34)30-23-11-13-24(14-12-23)38(35,36)33-16-6-7-21(2)18-33/h3-5,8-15,17,21H,6-7,16,18-19H2,1-2H3,(H,30,34)/t21-/m1/s1. The monoisotopic (exact) mass is 546 g/mol. The van der Waals surface area contributed by atoms with Crippen LogP contribution < -0.4 is 5.32 Å². The van der Waals surface area contributed by atoms with Crippen LogP contribution in [0.2, 0.25) is 0 Å². The van der Waals surface area contributed by atoms with E-state index in [1.807, 2.05) is 55.5 Å². The highest BCUT2D eigenvalue weighted by Gasteiger charge is 2.28. The summed E-state index contributed by atoms with van der Waals surface area (Å²) in [5.41, 5.74) is 3.38. The SMILES string of the molecule is Cc1ccc2nc(-c3ccccc3)nc(SCC(=O)Nc3ccc(S(=O)(=O)N4CCC[C@@H](C)C4)cc3)c2c1. The molecule has 1 atom stereocenters. The predicted octanol–water partition coefficient (Wildman–Crippen LogP) is 5.76. The Morgan fingerprint density at radius 3 is 2.55 bits per heavy atom. The van der Waals surface area contributed by atoms with Gasteiger partial charge in [-0.2, -0.15) is 4.31 Å². The van der Waals surface area contributed by atoms with Crippen molar-refractivity contribution in [1.82, 2.24) is 14.3 Å². The number of amides is 1. The van der Waals surface area contributed by atoms with Crippen LogP contribution in [0, 0.1) is 12.8 Å². The lowest BCUT2D eigenvalue weighted by atomic mass is 10.0. The Bertz CT molecular complexity index is 1560. The van der Waals surface area contributed by atoms with Crippen molar-refractivity contribution in [1.29, 1.82) is 0 Å². The van der Waals surface area contributed by atoms with Crippen LogP contribution in [0.1, 0.15) is 25.3 Å². The lowest BCUT2D eigenvalue weighted by molar-refractivity contribution is -0.113. The third-order valence-electron chi connectivity index (χ3n) is 6.58. The summed E-state index contributed by atoms with van der Waals surface area (Å²) < 4.78 is 27.6. The van der Waals surface area contributed by atoms with Gasteiger partial charge in [0.25, 0.3) is 0 Å². The highest BCUT2D eigenvalue weighted by molar-refractivity contribution is 8.00. The third kappa shape index (κ3) is 5.90. The Morgan fingerprint density at radius 2 is 1.82 bits per heavy atom. The number of hydrogen-bond acceptors (Lipinski definition) is 6. The summed E-state index contributed by atoms with van der Waals surface area (Å²) in [5, 5.41) is 4.52. The Morgan fingerprint density at radius 1 is 1.05 bits per heavy atom. The van der Waals surface area contributed by atoms with Gasteiger partial charge in [-0.3, -0.25) is 4.79 Å². The average molecular weight is 547 g/mol. The van der Waals surface area contributed by atoms with Gasteiger partial charge >= 0.3 is 0 Å². The van der Waals surface area contributed by atoms with Gasteiger partial charge in [-0.15, -0.1) is 0 Å². The molecule has 9 heteroatoms. The van der Waals surface area contributed by atoms with E-state index in [-0.39, 0.29) is 16.6 Å². The molecule has 1 aromatic heterocycles. The first kappa shape index (κ1) is 26.3. The van der Waals surface area contributed by atoms with Gasteiger partial charge < -0.3 is 5.32 Å². The van der Waals surface area contributed by atoms with Gasteiger partial charge in [0.05, 0.1) is 16.2 Å². The van der Waals surface area contributed by atoms with E-state index in [1.54, 1.807) is 28.6 Å². The molecule has 1 saturated heterocycles. The number of piperidine rings is 1. The molecule has 4 aromatic rings. The molecule has 3 aromatic carbocycles. The lowest BCUT2D eigenvalue weighted by Crippen LogP contribution is -2.39. The normalized spacial score (nSPS) is 16.4. The minimum atomic E-state index is -3.54. The zero-order valence-electron chi connectivity index (χ0n) is 21.4. The summed E-state index contributed by atoms with van der Waals surface area (Å²) in [5.74, 6) is 0.926. The van der Waals surface area contributed by atoms with Gasteiger partial charge in [0.2, 0.25) is 15.9 Å². The number of rotatable bonds is 7. The number of anilines is 1. The third-order valence-corrected chi connectivity index (χ3v) is 9.45. The van der Waals surface area contributed by atoms with Crippen molar-refractivity contribution in [2.75, 3.05) is 24.2 Å². The second-order valence-corrected chi connectivity index (χ2v) is 12.6. The molecule has 196 valence electrons. The summed E-state index contributed by atoms with van der Waals surface area (Å²) in [4.78, 5) is 22.6. The van der Waals surface area contributed by atoms with E-state index in [1.165, 1.54) is 11.8 Å². The number of nitrogens with zero attached hydrogens (tertiary/aromatic N) is 3. The molecule has 5 rings (SSSR count). The molecule has 7 nitrogen and oxygen atoms in total. The number of carbonyl (C=O) groups is 1. The molecule has 0 radical (unpaired) electrons. The van der Waals surface area contributed by atoms with Gasteiger partial charge in [-0.05, 0) is 62.1 Å².